The maximum Gasteiger partial charge on any atom is 0.227 e. The van der Waals surface area contributed by atoms with Gasteiger partial charge in [0.15, 0.2) is 11.6 Å². The first kappa shape index (κ1) is 13.1. The highest BCUT2D eigenvalue weighted by Gasteiger charge is 2.29. The predicted octanol–water partition coefficient (Wildman–Crippen LogP) is 2.67. The molecule has 1 fully saturated rings. The van der Waals surface area contributed by atoms with Crippen molar-refractivity contribution in [1.29, 1.82) is 0 Å². The number of anilines is 2. The number of piperidine rings is 1. The first-order valence-electron chi connectivity index (χ1n) is 6.53. The molecule has 0 saturated carbocycles. The molecule has 0 atom stereocenters. The van der Waals surface area contributed by atoms with Crippen molar-refractivity contribution in [2.45, 2.75) is 33.1 Å². The summed E-state index contributed by atoms with van der Waals surface area (Å²) in [4.78, 5) is 10.4. The summed E-state index contributed by atoms with van der Waals surface area (Å²) in [6.07, 6.45) is 4.72. The molecule has 1 aromatic rings. The third kappa shape index (κ3) is 2.54. The van der Waals surface area contributed by atoms with Crippen LogP contribution in [-0.4, -0.2) is 30.1 Å². The van der Waals surface area contributed by atoms with Crippen LogP contribution in [0.3, 0.4) is 0 Å². The zero-order valence-electron chi connectivity index (χ0n) is 11.3. The van der Waals surface area contributed by atoms with Gasteiger partial charge < -0.3 is 10.2 Å². The van der Waals surface area contributed by atoms with Crippen LogP contribution in [-0.2, 0) is 0 Å². The lowest BCUT2D eigenvalue weighted by atomic mass is 9.78. The fraction of sp³-hybridized carbons (Fsp3) is 0.692. The van der Waals surface area contributed by atoms with E-state index in [4.69, 9.17) is 0 Å². The predicted molar refractivity (Wildman–Crippen MR) is 71.4 cm³/mol. The van der Waals surface area contributed by atoms with E-state index in [-0.39, 0.29) is 5.82 Å². The van der Waals surface area contributed by atoms with Gasteiger partial charge in [-0.1, -0.05) is 20.3 Å². The molecule has 0 bridgehead atoms. The lowest BCUT2D eigenvalue weighted by molar-refractivity contribution is 0.237. The summed E-state index contributed by atoms with van der Waals surface area (Å²) < 4.78 is 13.3. The Hall–Kier alpha value is -1.39. The average Bonchev–Trinajstić information content (AvgIpc) is 2.40. The van der Waals surface area contributed by atoms with Crippen molar-refractivity contribution in [2.75, 3.05) is 30.4 Å². The second kappa shape index (κ2) is 5.08. The number of rotatable bonds is 3. The van der Waals surface area contributed by atoms with Crippen LogP contribution < -0.4 is 10.2 Å². The van der Waals surface area contributed by atoms with Gasteiger partial charge >= 0.3 is 0 Å². The molecule has 1 aliphatic rings. The van der Waals surface area contributed by atoms with E-state index in [1.54, 1.807) is 7.05 Å². The van der Waals surface area contributed by atoms with Crippen molar-refractivity contribution in [2.24, 2.45) is 5.41 Å². The number of aromatic nitrogens is 2. The van der Waals surface area contributed by atoms with Crippen molar-refractivity contribution in [1.82, 2.24) is 9.97 Å². The minimum atomic E-state index is -0.406. The lowest BCUT2D eigenvalue weighted by Crippen LogP contribution is -2.39. The van der Waals surface area contributed by atoms with E-state index in [1.807, 2.05) is 0 Å². The van der Waals surface area contributed by atoms with Gasteiger partial charge in [0.25, 0.3) is 0 Å². The van der Waals surface area contributed by atoms with Gasteiger partial charge in [-0.05, 0) is 18.3 Å². The third-order valence-corrected chi connectivity index (χ3v) is 4.08. The molecule has 18 heavy (non-hydrogen) atoms. The van der Waals surface area contributed by atoms with Crippen LogP contribution in [0.25, 0.3) is 0 Å². The topological polar surface area (TPSA) is 41.1 Å². The molecular weight excluding hydrogens is 231 g/mol. The van der Waals surface area contributed by atoms with Crippen molar-refractivity contribution in [3.05, 3.63) is 12.0 Å². The summed E-state index contributed by atoms with van der Waals surface area (Å²) in [5, 5.41) is 2.75. The second-order valence-corrected chi connectivity index (χ2v) is 5.27. The van der Waals surface area contributed by atoms with Crippen molar-refractivity contribution < 1.29 is 4.39 Å². The van der Waals surface area contributed by atoms with E-state index in [2.05, 4.69) is 34.0 Å². The van der Waals surface area contributed by atoms with Crippen LogP contribution in [0.2, 0.25) is 0 Å². The smallest absolute Gasteiger partial charge is 0.227 e. The van der Waals surface area contributed by atoms with Gasteiger partial charge in [-0.25, -0.2) is 9.37 Å². The molecule has 0 spiro atoms. The first-order chi connectivity index (χ1) is 8.58. The van der Waals surface area contributed by atoms with E-state index >= 15 is 0 Å². The molecule has 100 valence electrons. The Balaban J connectivity index is 2.10. The fourth-order valence-corrected chi connectivity index (χ4v) is 2.29. The summed E-state index contributed by atoms with van der Waals surface area (Å²) in [7, 11) is 1.67. The summed E-state index contributed by atoms with van der Waals surface area (Å²) in [5.41, 5.74) is 0.433. The summed E-state index contributed by atoms with van der Waals surface area (Å²) >= 11 is 0. The maximum absolute atomic E-state index is 13.3. The Morgan fingerprint density at radius 1 is 1.44 bits per heavy atom. The lowest BCUT2D eigenvalue weighted by Gasteiger charge is -2.38. The molecule has 2 heterocycles. The highest BCUT2D eigenvalue weighted by molar-refractivity contribution is 5.42. The Morgan fingerprint density at radius 3 is 2.67 bits per heavy atom. The SMILES string of the molecule is CCC1(C)CCN(c2ncc(F)c(NC)n2)CC1. The molecule has 0 radical (unpaired) electrons. The number of hydrogen-bond acceptors (Lipinski definition) is 4. The van der Waals surface area contributed by atoms with E-state index in [0.29, 0.717) is 11.4 Å². The van der Waals surface area contributed by atoms with Crippen LogP contribution in [0.4, 0.5) is 16.2 Å². The normalized spacial score (nSPS) is 18.8. The highest BCUT2D eigenvalue weighted by atomic mass is 19.1. The Morgan fingerprint density at radius 2 is 2.11 bits per heavy atom. The molecule has 0 aliphatic carbocycles. The number of nitrogens with zero attached hydrogens (tertiary/aromatic N) is 3. The molecular formula is C13H21FN4. The minimum Gasteiger partial charge on any atom is -0.371 e. The van der Waals surface area contributed by atoms with Gasteiger partial charge in [0.2, 0.25) is 5.95 Å². The van der Waals surface area contributed by atoms with E-state index in [1.165, 1.54) is 12.6 Å². The fourth-order valence-electron chi connectivity index (χ4n) is 2.29. The molecule has 0 unspecified atom stereocenters. The molecule has 0 aromatic carbocycles. The van der Waals surface area contributed by atoms with Crippen molar-refractivity contribution in [3.63, 3.8) is 0 Å². The zero-order chi connectivity index (χ0) is 13.2. The summed E-state index contributed by atoms with van der Waals surface area (Å²) in [6, 6.07) is 0. The van der Waals surface area contributed by atoms with Crippen LogP contribution in [0, 0.1) is 11.2 Å². The van der Waals surface area contributed by atoms with Crippen LogP contribution >= 0.6 is 0 Å². The summed E-state index contributed by atoms with van der Waals surface area (Å²) in [5.74, 6) is 0.486. The van der Waals surface area contributed by atoms with E-state index in [0.717, 1.165) is 25.9 Å². The molecule has 5 heteroatoms. The average molecular weight is 252 g/mol. The summed E-state index contributed by atoms with van der Waals surface area (Å²) in [6.45, 7) is 6.45. The van der Waals surface area contributed by atoms with Gasteiger partial charge in [-0.2, -0.15) is 4.98 Å². The quantitative estimate of drug-likeness (QED) is 0.898. The van der Waals surface area contributed by atoms with Crippen LogP contribution in [0.1, 0.15) is 33.1 Å². The van der Waals surface area contributed by atoms with E-state index in [9.17, 15) is 4.39 Å². The van der Waals surface area contributed by atoms with Crippen molar-refractivity contribution >= 4 is 11.8 Å². The van der Waals surface area contributed by atoms with Gasteiger partial charge in [0.05, 0.1) is 6.20 Å². The Bertz CT molecular complexity index is 413. The second-order valence-electron chi connectivity index (χ2n) is 5.27. The van der Waals surface area contributed by atoms with Gasteiger partial charge in [-0.15, -0.1) is 0 Å². The van der Waals surface area contributed by atoms with Crippen molar-refractivity contribution in [3.8, 4) is 0 Å². The molecule has 1 aliphatic heterocycles. The molecule has 0 amide bonds. The molecule has 1 aromatic heterocycles. The Labute approximate surface area is 108 Å². The zero-order valence-corrected chi connectivity index (χ0v) is 11.3. The first-order valence-corrected chi connectivity index (χ1v) is 6.53. The van der Waals surface area contributed by atoms with E-state index < -0.39 is 5.82 Å². The van der Waals surface area contributed by atoms with Gasteiger partial charge in [-0.3, -0.25) is 0 Å². The monoisotopic (exact) mass is 252 g/mol. The van der Waals surface area contributed by atoms with Crippen LogP contribution in [0.15, 0.2) is 6.20 Å². The van der Waals surface area contributed by atoms with Gasteiger partial charge in [0.1, 0.15) is 0 Å². The van der Waals surface area contributed by atoms with Crippen LogP contribution in [0.5, 0.6) is 0 Å². The highest BCUT2D eigenvalue weighted by Crippen LogP contribution is 2.34. The minimum absolute atomic E-state index is 0.267. The number of nitrogens with one attached hydrogen (secondary N) is 1. The Kier molecular flexibility index (Phi) is 3.68. The molecule has 4 nitrogen and oxygen atoms in total. The number of hydrogen-bond donors (Lipinski definition) is 1. The molecule has 2 rings (SSSR count). The largest absolute Gasteiger partial charge is 0.371 e. The van der Waals surface area contributed by atoms with Gasteiger partial charge in [0, 0.05) is 20.1 Å². The molecule has 1 N–H and O–H groups in total. The third-order valence-electron chi connectivity index (χ3n) is 4.08. The number of halogens is 1. The molecule has 1 saturated heterocycles. The standard InChI is InChI=1S/C13H21FN4/c1-4-13(2)5-7-18(8-6-13)12-16-9-10(14)11(15-3)17-12/h9H,4-8H2,1-3H3,(H,15,16,17). The maximum atomic E-state index is 13.3.